The van der Waals surface area contributed by atoms with Crippen LogP contribution in [0.2, 0.25) is 0 Å². The summed E-state index contributed by atoms with van der Waals surface area (Å²) < 4.78 is 4.89. The van der Waals surface area contributed by atoms with Crippen molar-refractivity contribution in [3.63, 3.8) is 0 Å². The molecule has 1 aromatic carbocycles. The number of carbonyl (C=O) groups is 1. The Morgan fingerprint density at radius 1 is 1.31 bits per heavy atom. The second-order valence-electron chi connectivity index (χ2n) is 2.93. The van der Waals surface area contributed by atoms with Crippen molar-refractivity contribution in [2.75, 3.05) is 0 Å². The molecule has 1 heterocycles. The molecule has 0 fully saturated rings. The third kappa shape index (κ3) is 2.11. The molecule has 0 radical (unpaired) electrons. The van der Waals surface area contributed by atoms with Gasteiger partial charge >= 0.3 is 35.5 Å². The van der Waals surface area contributed by atoms with E-state index >= 15 is 0 Å². The fourth-order valence-electron chi connectivity index (χ4n) is 1.27. The van der Waals surface area contributed by atoms with Gasteiger partial charge in [0.05, 0.1) is 5.39 Å². The van der Waals surface area contributed by atoms with Crippen molar-refractivity contribution >= 4 is 46.5 Å². The van der Waals surface area contributed by atoms with Gasteiger partial charge in [-0.2, -0.15) is 0 Å². The van der Waals surface area contributed by atoms with E-state index < -0.39 is 17.2 Å². The number of aromatic hydroxyl groups is 1. The normalized spacial score (nSPS) is 9.75. The predicted molar refractivity (Wildman–Crippen MR) is 58.3 cm³/mol. The first-order valence-electron chi connectivity index (χ1n) is 4.09. The third-order valence-electron chi connectivity index (χ3n) is 1.94. The Morgan fingerprint density at radius 2 is 2.00 bits per heavy atom. The van der Waals surface area contributed by atoms with Crippen LogP contribution in [-0.4, -0.2) is 45.7 Å². The van der Waals surface area contributed by atoms with Gasteiger partial charge < -0.3 is 14.6 Å². The fraction of sp³-hybridized carbons (Fsp3) is 0. The first-order chi connectivity index (χ1) is 7.09. The Morgan fingerprint density at radius 3 is 2.62 bits per heavy atom. The van der Waals surface area contributed by atoms with E-state index in [1.807, 2.05) is 0 Å². The number of hydrogen-bond acceptors (Lipinski definition) is 4. The first kappa shape index (κ1) is 12.8. The Bertz CT molecular complexity index is 602. The molecule has 6 heteroatoms. The molecule has 1 aromatic heterocycles. The van der Waals surface area contributed by atoms with Gasteiger partial charge in [0.2, 0.25) is 5.76 Å². The number of phenolic OH excluding ortho intramolecular Hbond substituents is 1. The van der Waals surface area contributed by atoms with E-state index in [2.05, 4.69) is 0 Å². The molecule has 0 saturated heterocycles. The van der Waals surface area contributed by atoms with Gasteiger partial charge in [-0.1, -0.05) is 6.07 Å². The van der Waals surface area contributed by atoms with Crippen LogP contribution in [0, 0.1) is 0 Å². The van der Waals surface area contributed by atoms with E-state index in [1.165, 1.54) is 18.2 Å². The van der Waals surface area contributed by atoms with E-state index in [0.717, 1.165) is 6.07 Å². The molecule has 0 aliphatic rings. The molecule has 5 nitrogen and oxygen atoms in total. The molecule has 0 spiro atoms. The van der Waals surface area contributed by atoms with Crippen molar-refractivity contribution < 1.29 is 19.4 Å². The average Bonchev–Trinajstić information content (AvgIpc) is 2.19. The zero-order valence-corrected chi connectivity index (χ0v) is 7.43. The topological polar surface area (TPSA) is 87.7 Å². The third-order valence-corrected chi connectivity index (χ3v) is 1.94. The standard InChI is InChI=1S/C10H6O5.Na.H/c11-6-3-1-2-5-7(12)4-8(10(13)14)15-9(5)6;;/h1-4,11H,(H,13,14);;. The van der Waals surface area contributed by atoms with E-state index in [9.17, 15) is 14.7 Å². The van der Waals surface area contributed by atoms with Crippen LogP contribution < -0.4 is 5.43 Å². The summed E-state index contributed by atoms with van der Waals surface area (Å²) in [7, 11) is 0. The number of benzene rings is 1. The van der Waals surface area contributed by atoms with Crippen LogP contribution in [0.4, 0.5) is 0 Å². The Labute approximate surface area is 112 Å². The summed E-state index contributed by atoms with van der Waals surface area (Å²) in [5, 5.41) is 18.2. The molecule has 0 aliphatic carbocycles. The van der Waals surface area contributed by atoms with Crippen LogP contribution in [0.5, 0.6) is 5.75 Å². The second-order valence-corrected chi connectivity index (χ2v) is 2.93. The summed E-state index contributed by atoms with van der Waals surface area (Å²) in [6.07, 6.45) is 0. The van der Waals surface area contributed by atoms with E-state index in [0.29, 0.717) is 0 Å². The van der Waals surface area contributed by atoms with Crippen LogP contribution in [0.15, 0.2) is 33.5 Å². The minimum atomic E-state index is -1.35. The van der Waals surface area contributed by atoms with Crippen molar-refractivity contribution in [1.82, 2.24) is 0 Å². The van der Waals surface area contributed by atoms with Crippen LogP contribution in [0.25, 0.3) is 11.0 Å². The van der Waals surface area contributed by atoms with E-state index in [4.69, 9.17) is 9.52 Å². The Balaban J connectivity index is 0.00000128. The van der Waals surface area contributed by atoms with Crippen molar-refractivity contribution in [2.45, 2.75) is 0 Å². The van der Waals surface area contributed by atoms with Crippen LogP contribution in [-0.2, 0) is 0 Å². The summed E-state index contributed by atoms with van der Waals surface area (Å²) in [5.74, 6) is -2.10. The number of para-hydroxylation sites is 1. The molecular formula is C10H7NaO5. The van der Waals surface area contributed by atoms with Gasteiger partial charge in [0.15, 0.2) is 16.8 Å². The minimum absolute atomic E-state index is 0. The van der Waals surface area contributed by atoms with Gasteiger partial charge in [-0.25, -0.2) is 4.79 Å². The molecule has 0 saturated carbocycles. The fourth-order valence-corrected chi connectivity index (χ4v) is 1.27. The molecule has 2 aromatic rings. The van der Waals surface area contributed by atoms with E-state index in [-0.39, 0.29) is 46.3 Å². The molecule has 2 N–H and O–H groups in total. The molecule has 16 heavy (non-hydrogen) atoms. The van der Waals surface area contributed by atoms with Gasteiger partial charge in [0.25, 0.3) is 0 Å². The summed E-state index contributed by atoms with van der Waals surface area (Å²) in [6.45, 7) is 0. The number of phenols is 1. The number of rotatable bonds is 1. The van der Waals surface area contributed by atoms with Crippen LogP contribution in [0.1, 0.15) is 10.6 Å². The van der Waals surface area contributed by atoms with Crippen LogP contribution in [0.3, 0.4) is 0 Å². The number of carboxylic acid groups (broad SMARTS) is 1. The zero-order valence-electron chi connectivity index (χ0n) is 7.43. The summed E-state index contributed by atoms with van der Waals surface area (Å²) >= 11 is 0. The predicted octanol–water partition coefficient (Wildman–Crippen LogP) is 0.548. The zero-order chi connectivity index (χ0) is 11.0. The van der Waals surface area contributed by atoms with Crippen molar-refractivity contribution in [3.05, 3.63) is 40.2 Å². The molecule has 0 unspecified atom stereocenters. The molecule has 0 amide bonds. The number of aromatic carboxylic acids is 1. The van der Waals surface area contributed by atoms with Crippen molar-refractivity contribution in [2.24, 2.45) is 0 Å². The quantitative estimate of drug-likeness (QED) is 0.698. The molecule has 78 valence electrons. The van der Waals surface area contributed by atoms with Gasteiger partial charge in [-0.3, -0.25) is 4.79 Å². The van der Waals surface area contributed by atoms with Crippen molar-refractivity contribution in [1.29, 1.82) is 0 Å². The molecule has 0 aliphatic heterocycles. The SMILES string of the molecule is O=C(O)c1cc(=O)c2cccc(O)c2o1.[NaH]. The maximum absolute atomic E-state index is 11.4. The van der Waals surface area contributed by atoms with Gasteiger partial charge in [-0.15, -0.1) is 0 Å². The maximum atomic E-state index is 11.4. The number of fused-ring (bicyclic) bond motifs is 1. The molecule has 2 rings (SSSR count). The Kier molecular flexibility index (Phi) is 3.74. The van der Waals surface area contributed by atoms with Gasteiger partial charge in [0, 0.05) is 6.07 Å². The summed E-state index contributed by atoms with van der Waals surface area (Å²) in [5.41, 5.74) is -0.605. The summed E-state index contributed by atoms with van der Waals surface area (Å²) in [4.78, 5) is 22.0. The van der Waals surface area contributed by atoms with Gasteiger partial charge in [-0.05, 0) is 12.1 Å². The summed E-state index contributed by atoms with van der Waals surface area (Å²) in [6, 6.07) is 5.13. The van der Waals surface area contributed by atoms with Crippen LogP contribution >= 0.6 is 0 Å². The number of carboxylic acids is 1. The Hall–Kier alpha value is -1.30. The van der Waals surface area contributed by atoms with Gasteiger partial charge in [0.1, 0.15) is 0 Å². The average molecular weight is 230 g/mol. The molecule has 0 atom stereocenters. The second kappa shape index (κ2) is 4.69. The first-order valence-corrected chi connectivity index (χ1v) is 4.09. The molecular weight excluding hydrogens is 223 g/mol. The van der Waals surface area contributed by atoms with E-state index in [1.54, 1.807) is 0 Å². The monoisotopic (exact) mass is 230 g/mol. The molecule has 0 bridgehead atoms. The van der Waals surface area contributed by atoms with Crippen molar-refractivity contribution in [3.8, 4) is 5.75 Å². The number of hydrogen-bond donors (Lipinski definition) is 2.